The summed E-state index contributed by atoms with van der Waals surface area (Å²) in [5.41, 5.74) is 2.61. The molecule has 6 heteroatoms. The molecule has 2 aromatic rings. The van der Waals surface area contributed by atoms with Gasteiger partial charge in [0.05, 0.1) is 13.2 Å². The lowest BCUT2D eigenvalue weighted by atomic mass is 10.0. The molecule has 4 rings (SSSR count). The molecule has 0 spiro atoms. The molecular weight excluding hydrogens is 344 g/mol. The van der Waals surface area contributed by atoms with Crippen LogP contribution in [-0.2, 0) is 9.59 Å². The van der Waals surface area contributed by atoms with Gasteiger partial charge < -0.3 is 9.64 Å². The van der Waals surface area contributed by atoms with Crippen LogP contribution < -0.4 is 4.74 Å². The van der Waals surface area contributed by atoms with E-state index in [1.54, 1.807) is 24.1 Å². The van der Waals surface area contributed by atoms with Crippen molar-refractivity contribution in [1.82, 2.24) is 9.80 Å². The van der Waals surface area contributed by atoms with E-state index in [1.165, 1.54) is 4.90 Å². The van der Waals surface area contributed by atoms with Gasteiger partial charge in [0.15, 0.2) is 0 Å². The second-order valence-corrected chi connectivity index (χ2v) is 6.83. The molecule has 0 radical (unpaired) electrons. The van der Waals surface area contributed by atoms with Gasteiger partial charge in [0.25, 0.3) is 5.91 Å². The van der Waals surface area contributed by atoms with E-state index in [0.29, 0.717) is 18.7 Å². The number of carbonyl (C=O) groups excluding carboxylic acids is 3. The van der Waals surface area contributed by atoms with Crippen LogP contribution in [0.3, 0.4) is 0 Å². The summed E-state index contributed by atoms with van der Waals surface area (Å²) in [6, 6.07) is 15.0. The minimum Gasteiger partial charge on any atom is -0.497 e. The van der Waals surface area contributed by atoms with Crippen LogP contribution in [0.25, 0.3) is 11.1 Å². The molecule has 0 saturated carbocycles. The van der Waals surface area contributed by atoms with Crippen molar-refractivity contribution in [3.05, 3.63) is 54.1 Å². The monoisotopic (exact) mass is 364 g/mol. The van der Waals surface area contributed by atoms with Gasteiger partial charge in [-0.25, -0.2) is 0 Å². The number of likely N-dealkylation sites (tertiary alicyclic amines) is 2. The third kappa shape index (κ3) is 3.18. The highest BCUT2D eigenvalue weighted by Crippen LogP contribution is 2.26. The number of amides is 3. The number of benzene rings is 2. The van der Waals surface area contributed by atoms with Gasteiger partial charge in [-0.2, -0.15) is 0 Å². The van der Waals surface area contributed by atoms with Gasteiger partial charge in [0.2, 0.25) is 11.8 Å². The number of hydrogen-bond donors (Lipinski definition) is 0. The molecule has 27 heavy (non-hydrogen) atoms. The Balaban J connectivity index is 1.42. The molecule has 2 heterocycles. The van der Waals surface area contributed by atoms with Crippen molar-refractivity contribution >= 4 is 17.7 Å². The molecule has 2 aliphatic heterocycles. The molecule has 0 bridgehead atoms. The van der Waals surface area contributed by atoms with Crippen LogP contribution >= 0.6 is 0 Å². The van der Waals surface area contributed by atoms with E-state index in [0.717, 1.165) is 16.9 Å². The van der Waals surface area contributed by atoms with E-state index >= 15 is 0 Å². The van der Waals surface area contributed by atoms with Gasteiger partial charge in [-0.05, 0) is 35.4 Å². The Morgan fingerprint density at radius 1 is 0.963 bits per heavy atom. The summed E-state index contributed by atoms with van der Waals surface area (Å²) >= 11 is 0. The van der Waals surface area contributed by atoms with E-state index in [2.05, 4.69) is 0 Å². The molecule has 2 aliphatic rings. The summed E-state index contributed by atoms with van der Waals surface area (Å²) in [7, 11) is 1.63. The zero-order valence-corrected chi connectivity index (χ0v) is 15.1. The highest BCUT2D eigenvalue weighted by molar-refractivity contribution is 6.03. The zero-order chi connectivity index (χ0) is 19.0. The van der Waals surface area contributed by atoms with Crippen LogP contribution in [0, 0.1) is 0 Å². The van der Waals surface area contributed by atoms with E-state index in [4.69, 9.17) is 4.74 Å². The predicted molar refractivity (Wildman–Crippen MR) is 99.2 cm³/mol. The van der Waals surface area contributed by atoms with Crippen molar-refractivity contribution < 1.29 is 19.1 Å². The first-order chi connectivity index (χ1) is 13.1. The number of methoxy groups -OCH3 is 1. The second-order valence-electron chi connectivity index (χ2n) is 6.83. The first-order valence-electron chi connectivity index (χ1n) is 8.95. The third-order valence-corrected chi connectivity index (χ3v) is 5.14. The highest BCUT2D eigenvalue weighted by Gasteiger charge is 2.42. The zero-order valence-electron chi connectivity index (χ0n) is 15.1. The standard InChI is InChI=1S/C21H20N2O4/c1-27-18-4-2-3-16(11-18)14-5-7-15(8-6-14)21(26)22-12-17(13-22)23-19(24)9-10-20(23)25/h2-8,11,17H,9-10,12-13H2,1H3. The molecule has 0 atom stereocenters. The maximum atomic E-state index is 12.6. The van der Waals surface area contributed by atoms with Gasteiger partial charge in [-0.3, -0.25) is 19.3 Å². The number of carbonyl (C=O) groups is 3. The molecule has 0 aliphatic carbocycles. The Kier molecular flexibility index (Phi) is 4.39. The Hall–Kier alpha value is -3.15. The molecule has 0 unspecified atom stereocenters. The fourth-order valence-corrected chi connectivity index (χ4v) is 3.58. The molecule has 6 nitrogen and oxygen atoms in total. The predicted octanol–water partition coefficient (Wildman–Crippen LogP) is 2.34. The van der Waals surface area contributed by atoms with Crippen molar-refractivity contribution in [3.63, 3.8) is 0 Å². The summed E-state index contributed by atoms with van der Waals surface area (Å²) < 4.78 is 5.25. The lowest BCUT2D eigenvalue weighted by molar-refractivity contribution is -0.144. The summed E-state index contributed by atoms with van der Waals surface area (Å²) in [4.78, 5) is 39.2. The minimum absolute atomic E-state index is 0.0810. The quantitative estimate of drug-likeness (QED) is 0.781. The average molecular weight is 364 g/mol. The second kappa shape index (κ2) is 6.87. The van der Waals surface area contributed by atoms with Gasteiger partial charge in [-0.15, -0.1) is 0 Å². The largest absolute Gasteiger partial charge is 0.497 e. The fraction of sp³-hybridized carbons (Fsp3) is 0.286. The number of imide groups is 1. The summed E-state index contributed by atoms with van der Waals surface area (Å²) in [6.45, 7) is 0.821. The first-order valence-corrected chi connectivity index (χ1v) is 8.95. The normalized spacial score (nSPS) is 17.2. The van der Waals surface area contributed by atoms with Gasteiger partial charge in [-0.1, -0.05) is 24.3 Å². The Morgan fingerprint density at radius 2 is 1.63 bits per heavy atom. The summed E-state index contributed by atoms with van der Waals surface area (Å²) in [5, 5.41) is 0. The van der Waals surface area contributed by atoms with Crippen LogP contribution in [0.15, 0.2) is 48.5 Å². The van der Waals surface area contributed by atoms with Crippen LogP contribution in [0.2, 0.25) is 0 Å². The van der Waals surface area contributed by atoms with Crippen molar-refractivity contribution in [2.45, 2.75) is 18.9 Å². The van der Waals surface area contributed by atoms with Gasteiger partial charge >= 0.3 is 0 Å². The first kappa shape index (κ1) is 17.3. The molecule has 2 saturated heterocycles. The summed E-state index contributed by atoms with van der Waals surface area (Å²) in [5.74, 6) is 0.451. The fourth-order valence-electron chi connectivity index (χ4n) is 3.58. The number of hydrogen-bond acceptors (Lipinski definition) is 4. The van der Waals surface area contributed by atoms with E-state index in [9.17, 15) is 14.4 Å². The molecule has 0 aromatic heterocycles. The lowest BCUT2D eigenvalue weighted by Crippen LogP contribution is -2.62. The van der Waals surface area contributed by atoms with Crippen molar-refractivity contribution in [1.29, 1.82) is 0 Å². The maximum Gasteiger partial charge on any atom is 0.253 e. The molecule has 0 N–H and O–H groups in total. The van der Waals surface area contributed by atoms with Gasteiger partial charge in [0, 0.05) is 31.5 Å². The maximum absolute atomic E-state index is 12.6. The minimum atomic E-state index is -0.174. The molecular formula is C21H20N2O4. The van der Waals surface area contributed by atoms with E-state index < -0.39 is 0 Å². The van der Waals surface area contributed by atoms with Crippen molar-refractivity contribution in [3.8, 4) is 16.9 Å². The Morgan fingerprint density at radius 3 is 2.26 bits per heavy atom. The topological polar surface area (TPSA) is 66.9 Å². The SMILES string of the molecule is COc1cccc(-c2ccc(C(=O)N3CC(N4C(=O)CCC4=O)C3)cc2)c1. The molecule has 3 amide bonds. The van der Waals surface area contributed by atoms with Crippen LogP contribution in [0.1, 0.15) is 23.2 Å². The molecule has 2 fully saturated rings. The highest BCUT2D eigenvalue weighted by atomic mass is 16.5. The van der Waals surface area contributed by atoms with Gasteiger partial charge in [0.1, 0.15) is 5.75 Å². The Labute approximate surface area is 157 Å². The Bertz CT molecular complexity index is 885. The summed E-state index contributed by atoms with van der Waals surface area (Å²) in [6.07, 6.45) is 0.573. The van der Waals surface area contributed by atoms with Crippen LogP contribution in [0.4, 0.5) is 0 Å². The number of ether oxygens (including phenoxy) is 1. The van der Waals surface area contributed by atoms with E-state index in [1.807, 2.05) is 36.4 Å². The molecule has 2 aromatic carbocycles. The van der Waals surface area contributed by atoms with Crippen molar-refractivity contribution in [2.24, 2.45) is 0 Å². The number of nitrogens with zero attached hydrogens (tertiary/aromatic N) is 2. The number of rotatable bonds is 4. The van der Waals surface area contributed by atoms with Crippen LogP contribution in [-0.4, -0.2) is 53.8 Å². The third-order valence-electron chi connectivity index (χ3n) is 5.14. The van der Waals surface area contributed by atoms with E-state index in [-0.39, 0.29) is 36.6 Å². The molecule has 138 valence electrons. The smallest absolute Gasteiger partial charge is 0.253 e. The lowest BCUT2D eigenvalue weighted by Gasteiger charge is -2.43. The van der Waals surface area contributed by atoms with Crippen molar-refractivity contribution in [2.75, 3.05) is 20.2 Å². The average Bonchev–Trinajstić information content (AvgIpc) is 2.99. The van der Waals surface area contributed by atoms with Crippen LogP contribution in [0.5, 0.6) is 5.75 Å².